The number of carbonyl (C=O) groups excluding carboxylic acids is 1. The summed E-state index contributed by atoms with van der Waals surface area (Å²) < 4.78 is 0. The lowest BCUT2D eigenvalue weighted by atomic mass is 9.95. The molecule has 1 saturated heterocycles. The maximum atomic E-state index is 12.0. The molecule has 1 fully saturated rings. The fraction of sp³-hybridized carbons (Fsp3) is 0.909. The quantitative estimate of drug-likeness (QED) is 0.700. The van der Waals surface area contributed by atoms with Gasteiger partial charge in [0.15, 0.2) is 0 Å². The van der Waals surface area contributed by atoms with Gasteiger partial charge in [0.2, 0.25) is 5.91 Å². The molecule has 0 saturated carbocycles. The Bertz CT molecular complexity index is 197. The number of hydrogen-bond acceptors (Lipinski definition) is 1. The van der Waals surface area contributed by atoms with Crippen molar-refractivity contribution in [2.45, 2.75) is 38.4 Å². The van der Waals surface area contributed by atoms with Gasteiger partial charge >= 0.3 is 0 Å². The van der Waals surface area contributed by atoms with Crippen molar-refractivity contribution >= 4 is 21.8 Å². The van der Waals surface area contributed by atoms with Crippen LogP contribution in [-0.2, 0) is 4.79 Å². The molecule has 1 aliphatic rings. The minimum Gasteiger partial charge on any atom is -0.342 e. The van der Waals surface area contributed by atoms with Crippen LogP contribution in [-0.4, -0.2) is 28.7 Å². The molecule has 1 unspecified atom stereocenters. The predicted molar refractivity (Wildman–Crippen MR) is 62.5 cm³/mol. The van der Waals surface area contributed by atoms with Crippen molar-refractivity contribution in [2.75, 3.05) is 13.1 Å². The molecular formula is C11H20BrNO. The number of likely N-dealkylation sites (tertiary alicyclic amines) is 1. The van der Waals surface area contributed by atoms with Gasteiger partial charge < -0.3 is 4.90 Å². The average molecular weight is 262 g/mol. The molecule has 1 amide bonds. The lowest BCUT2D eigenvalue weighted by Gasteiger charge is -2.32. The van der Waals surface area contributed by atoms with Crippen molar-refractivity contribution in [3.63, 3.8) is 0 Å². The second-order valence-electron chi connectivity index (χ2n) is 4.53. The highest BCUT2D eigenvalue weighted by Crippen LogP contribution is 2.21. The zero-order chi connectivity index (χ0) is 10.7. The first-order valence-corrected chi connectivity index (χ1v) is 6.36. The Kier molecular flexibility index (Phi) is 4.42. The zero-order valence-corrected chi connectivity index (χ0v) is 10.9. The summed E-state index contributed by atoms with van der Waals surface area (Å²) >= 11 is 3.59. The van der Waals surface area contributed by atoms with Crippen LogP contribution < -0.4 is 0 Å². The van der Waals surface area contributed by atoms with E-state index in [9.17, 15) is 4.79 Å². The third-order valence-corrected chi connectivity index (χ3v) is 4.04. The number of amides is 1. The van der Waals surface area contributed by atoms with Crippen molar-refractivity contribution in [1.29, 1.82) is 0 Å². The first-order valence-electron chi connectivity index (χ1n) is 5.45. The molecule has 0 spiro atoms. The van der Waals surface area contributed by atoms with E-state index in [2.05, 4.69) is 29.8 Å². The van der Waals surface area contributed by atoms with Gasteiger partial charge in [-0.25, -0.2) is 0 Å². The van der Waals surface area contributed by atoms with Gasteiger partial charge in [-0.1, -0.05) is 36.7 Å². The number of carbonyl (C=O) groups is 1. The summed E-state index contributed by atoms with van der Waals surface area (Å²) in [5.74, 6) is 0.950. The molecule has 1 heterocycles. The summed E-state index contributed by atoms with van der Waals surface area (Å²) in [6.45, 7) is 8.10. The molecule has 0 aliphatic carbocycles. The molecule has 0 aromatic carbocycles. The van der Waals surface area contributed by atoms with E-state index < -0.39 is 0 Å². The van der Waals surface area contributed by atoms with Crippen molar-refractivity contribution in [2.24, 2.45) is 11.8 Å². The second kappa shape index (κ2) is 5.15. The first-order chi connectivity index (χ1) is 6.52. The van der Waals surface area contributed by atoms with Crippen LogP contribution in [0.15, 0.2) is 0 Å². The van der Waals surface area contributed by atoms with Gasteiger partial charge in [0.25, 0.3) is 0 Å². The Labute approximate surface area is 95.2 Å². The zero-order valence-electron chi connectivity index (χ0n) is 9.29. The summed E-state index contributed by atoms with van der Waals surface area (Å²) in [5.41, 5.74) is 0. The molecule has 0 aromatic heterocycles. The second-order valence-corrected chi connectivity index (χ2v) is 5.83. The molecule has 0 N–H and O–H groups in total. The van der Waals surface area contributed by atoms with E-state index in [-0.39, 0.29) is 5.92 Å². The molecule has 1 rings (SSSR count). The highest BCUT2D eigenvalue weighted by molar-refractivity contribution is 9.09. The number of alkyl halides is 1. The van der Waals surface area contributed by atoms with Crippen molar-refractivity contribution in [1.82, 2.24) is 4.90 Å². The van der Waals surface area contributed by atoms with E-state index in [1.165, 1.54) is 0 Å². The number of piperidine rings is 1. The molecule has 82 valence electrons. The van der Waals surface area contributed by atoms with Crippen LogP contribution in [0.2, 0.25) is 0 Å². The Balaban J connectivity index is 2.45. The number of hydrogen-bond donors (Lipinski definition) is 0. The van der Waals surface area contributed by atoms with Gasteiger partial charge in [0, 0.05) is 23.8 Å². The fourth-order valence-electron chi connectivity index (χ4n) is 1.64. The molecule has 1 aliphatic heterocycles. The van der Waals surface area contributed by atoms with Crippen LogP contribution in [0.5, 0.6) is 0 Å². The monoisotopic (exact) mass is 261 g/mol. The molecule has 2 nitrogen and oxygen atoms in total. The number of halogens is 1. The van der Waals surface area contributed by atoms with E-state index in [0.717, 1.165) is 25.9 Å². The largest absolute Gasteiger partial charge is 0.342 e. The molecule has 0 radical (unpaired) electrons. The maximum absolute atomic E-state index is 12.0. The van der Waals surface area contributed by atoms with Crippen LogP contribution >= 0.6 is 15.9 Å². The van der Waals surface area contributed by atoms with Gasteiger partial charge in [-0.3, -0.25) is 4.79 Å². The minimum absolute atomic E-state index is 0.168. The minimum atomic E-state index is 0.168. The predicted octanol–water partition coefficient (Wildman–Crippen LogP) is 2.66. The van der Waals surface area contributed by atoms with E-state index in [1.807, 2.05) is 11.8 Å². The molecular weight excluding hydrogens is 242 g/mol. The van der Waals surface area contributed by atoms with Crippen LogP contribution in [0, 0.1) is 11.8 Å². The van der Waals surface area contributed by atoms with Crippen LogP contribution in [0.4, 0.5) is 0 Å². The molecule has 0 aromatic rings. The lowest BCUT2D eigenvalue weighted by Crippen LogP contribution is -2.42. The topological polar surface area (TPSA) is 20.3 Å². The molecule has 0 bridgehead atoms. The van der Waals surface area contributed by atoms with Gasteiger partial charge in [-0.15, -0.1) is 0 Å². The van der Waals surface area contributed by atoms with E-state index in [4.69, 9.17) is 0 Å². The van der Waals surface area contributed by atoms with E-state index in [1.54, 1.807) is 0 Å². The van der Waals surface area contributed by atoms with Crippen LogP contribution in [0.1, 0.15) is 33.6 Å². The van der Waals surface area contributed by atoms with Crippen LogP contribution in [0.3, 0.4) is 0 Å². The average Bonchev–Trinajstić information content (AvgIpc) is 2.16. The molecule has 1 atom stereocenters. The first kappa shape index (κ1) is 12.0. The number of rotatable bonds is 2. The van der Waals surface area contributed by atoms with Gasteiger partial charge in [0.1, 0.15) is 0 Å². The Hall–Kier alpha value is -0.0500. The Morgan fingerprint density at radius 1 is 1.29 bits per heavy atom. The molecule has 3 heteroatoms. The highest BCUT2D eigenvalue weighted by atomic mass is 79.9. The summed E-state index contributed by atoms with van der Waals surface area (Å²) in [5, 5.41) is 0. The summed E-state index contributed by atoms with van der Waals surface area (Å²) in [6.07, 6.45) is 2.19. The maximum Gasteiger partial charge on any atom is 0.225 e. The highest BCUT2D eigenvalue weighted by Gasteiger charge is 2.26. The van der Waals surface area contributed by atoms with Gasteiger partial charge in [-0.2, -0.15) is 0 Å². The SMILES string of the molecule is CC(C)C(C)C(=O)N1CCC(Br)CC1. The number of nitrogens with zero attached hydrogens (tertiary/aromatic N) is 1. The third kappa shape index (κ3) is 2.97. The van der Waals surface area contributed by atoms with E-state index in [0.29, 0.717) is 16.7 Å². The summed E-state index contributed by atoms with van der Waals surface area (Å²) in [7, 11) is 0. The Morgan fingerprint density at radius 2 is 1.79 bits per heavy atom. The van der Waals surface area contributed by atoms with Crippen molar-refractivity contribution in [3.8, 4) is 0 Å². The fourth-order valence-corrected chi connectivity index (χ4v) is 2.05. The molecule has 14 heavy (non-hydrogen) atoms. The lowest BCUT2D eigenvalue weighted by molar-refractivity contribution is -0.137. The summed E-state index contributed by atoms with van der Waals surface area (Å²) in [6, 6.07) is 0. The van der Waals surface area contributed by atoms with Gasteiger partial charge in [0.05, 0.1) is 0 Å². The third-order valence-electron chi connectivity index (χ3n) is 3.13. The normalized spacial score (nSPS) is 21.4. The standard InChI is InChI=1S/C11H20BrNO/c1-8(2)9(3)11(14)13-6-4-10(12)5-7-13/h8-10H,4-7H2,1-3H3. The van der Waals surface area contributed by atoms with Crippen LogP contribution in [0.25, 0.3) is 0 Å². The summed E-state index contributed by atoms with van der Waals surface area (Å²) in [4.78, 5) is 14.6. The van der Waals surface area contributed by atoms with Gasteiger partial charge in [-0.05, 0) is 18.8 Å². The Morgan fingerprint density at radius 3 is 2.21 bits per heavy atom. The smallest absolute Gasteiger partial charge is 0.225 e. The van der Waals surface area contributed by atoms with E-state index >= 15 is 0 Å². The van der Waals surface area contributed by atoms with Crippen molar-refractivity contribution in [3.05, 3.63) is 0 Å². The van der Waals surface area contributed by atoms with Crippen molar-refractivity contribution < 1.29 is 4.79 Å².